The summed E-state index contributed by atoms with van der Waals surface area (Å²) < 4.78 is 1.83. The minimum atomic E-state index is -0.634. The Morgan fingerprint density at radius 3 is 2.68 bits per heavy atom. The van der Waals surface area contributed by atoms with Gasteiger partial charge in [0.05, 0.1) is 10.7 Å². The van der Waals surface area contributed by atoms with E-state index < -0.39 is 11.7 Å². The maximum absolute atomic E-state index is 12.8. The largest absolute Gasteiger partial charge is 0.377 e. The lowest BCUT2D eigenvalue weighted by Gasteiger charge is -2.20. The monoisotopic (exact) mass is 403 g/mol. The number of allylic oxidation sites excluding steroid dienone is 4. The lowest BCUT2D eigenvalue weighted by atomic mass is 10.2. The molecule has 0 saturated carbocycles. The summed E-state index contributed by atoms with van der Waals surface area (Å²) in [5.41, 5.74) is -0.244. The van der Waals surface area contributed by atoms with Crippen molar-refractivity contribution in [3.8, 4) is 5.69 Å². The second kappa shape index (κ2) is 11.2. The molecule has 0 atom stereocenters. The number of nitrogens with zero attached hydrogens (tertiary/aromatic N) is 5. The van der Waals surface area contributed by atoms with Crippen LogP contribution in [0, 0.1) is 0 Å². The zero-order chi connectivity index (χ0) is 20.4. The van der Waals surface area contributed by atoms with Crippen LogP contribution in [-0.2, 0) is 0 Å². The molecule has 0 N–H and O–H groups in total. The zero-order valence-corrected chi connectivity index (χ0v) is 17.0. The molecule has 1 heterocycles. The molecule has 0 saturated heterocycles. The highest BCUT2D eigenvalue weighted by molar-refractivity contribution is 6.32. The molecule has 0 radical (unpaired) electrons. The van der Waals surface area contributed by atoms with E-state index in [2.05, 4.69) is 28.7 Å². The Bertz CT molecular complexity index is 885. The van der Waals surface area contributed by atoms with E-state index in [1.54, 1.807) is 29.2 Å². The molecule has 0 aliphatic carbocycles. The van der Waals surface area contributed by atoms with Crippen molar-refractivity contribution < 1.29 is 4.79 Å². The third kappa shape index (κ3) is 5.66. The normalized spacial score (nSPS) is 11.5. The predicted molar refractivity (Wildman–Crippen MR) is 111 cm³/mol. The van der Waals surface area contributed by atoms with E-state index in [-0.39, 0.29) is 0 Å². The highest BCUT2D eigenvalue weighted by Gasteiger charge is 2.21. The number of hydrogen-bond acceptors (Lipinski definition) is 4. The van der Waals surface area contributed by atoms with Crippen LogP contribution in [0.4, 0.5) is 4.79 Å². The van der Waals surface area contributed by atoms with E-state index >= 15 is 0 Å². The fourth-order valence-corrected chi connectivity index (χ4v) is 2.89. The first kappa shape index (κ1) is 21.6. The van der Waals surface area contributed by atoms with E-state index in [1.807, 2.05) is 19.9 Å². The van der Waals surface area contributed by atoms with E-state index in [4.69, 9.17) is 11.6 Å². The second-order valence-electron chi connectivity index (χ2n) is 6.22. The molecular weight excluding hydrogens is 378 g/mol. The van der Waals surface area contributed by atoms with Gasteiger partial charge in [-0.25, -0.2) is 9.59 Å². The topological polar surface area (TPSA) is 73.0 Å². The molecule has 0 aliphatic heterocycles. The van der Waals surface area contributed by atoms with Crippen molar-refractivity contribution >= 4 is 17.6 Å². The summed E-state index contributed by atoms with van der Waals surface area (Å²) >= 11 is 6.12. The fourth-order valence-electron chi connectivity index (χ4n) is 2.68. The summed E-state index contributed by atoms with van der Waals surface area (Å²) in [5.74, 6) is 0. The minimum absolute atomic E-state index is 0.360. The molecule has 1 amide bonds. The average Bonchev–Trinajstić information content (AvgIpc) is 3.07. The minimum Gasteiger partial charge on any atom is -0.323 e. The molecule has 150 valence electrons. The highest BCUT2D eigenvalue weighted by atomic mass is 35.5. The fraction of sp³-hybridized carbons (Fsp3) is 0.400. The Labute approximate surface area is 169 Å². The standard InChI is InChI=1S/C20H26ClN5O2/c1-3-5-6-7-8-9-12-16-24(15-4-2)19(27)26-20(28)25(22-23-26)18-14-11-10-13-17(18)21/h3,5,7-8,10-11,13-14H,4,6,9,12,15-16H2,1-2H3. The summed E-state index contributed by atoms with van der Waals surface area (Å²) in [5, 5.41) is 7.94. The Morgan fingerprint density at radius 1 is 1.18 bits per heavy atom. The SMILES string of the molecule is CC=CCC=CCCCN(CCC)C(=O)n1nnn(-c2ccccc2Cl)c1=O. The summed E-state index contributed by atoms with van der Waals surface area (Å²) in [4.78, 5) is 27.1. The number of hydrogen-bond donors (Lipinski definition) is 0. The number of unbranched alkanes of at least 4 members (excludes halogenated alkanes) is 1. The van der Waals surface area contributed by atoms with Crippen LogP contribution in [0.2, 0.25) is 5.02 Å². The van der Waals surface area contributed by atoms with Crippen LogP contribution >= 0.6 is 11.6 Å². The van der Waals surface area contributed by atoms with Crippen LogP contribution in [0.15, 0.2) is 53.4 Å². The molecule has 2 rings (SSSR count). The first-order chi connectivity index (χ1) is 13.6. The van der Waals surface area contributed by atoms with Crippen molar-refractivity contribution in [1.82, 2.24) is 24.7 Å². The number of rotatable bonds is 9. The van der Waals surface area contributed by atoms with E-state index in [0.717, 1.165) is 35.0 Å². The highest BCUT2D eigenvalue weighted by Crippen LogP contribution is 2.16. The molecular formula is C20H26ClN5O2. The van der Waals surface area contributed by atoms with Crippen molar-refractivity contribution in [3.05, 3.63) is 64.1 Å². The summed E-state index contributed by atoms with van der Waals surface area (Å²) in [6, 6.07) is 6.32. The molecule has 28 heavy (non-hydrogen) atoms. The number of benzene rings is 1. The number of aromatic nitrogens is 4. The van der Waals surface area contributed by atoms with Gasteiger partial charge in [0, 0.05) is 13.1 Å². The van der Waals surface area contributed by atoms with Crippen LogP contribution in [0.25, 0.3) is 5.69 Å². The number of halogens is 1. The maximum atomic E-state index is 12.8. The van der Waals surface area contributed by atoms with Crippen LogP contribution in [0.3, 0.4) is 0 Å². The number of para-hydroxylation sites is 1. The summed E-state index contributed by atoms with van der Waals surface area (Å²) in [7, 11) is 0. The van der Waals surface area contributed by atoms with E-state index in [0.29, 0.717) is 23.8 Å². The van der Waals surface area contributed by atoms with E-state index in [1.165, 1.54) is 0 Å². The van der Waals surface area contributed by atoms with Crippen molar-refractivity contribution in [3.63, 3.8) is 0 Å². The van der Waals surface area contributed by atoms with Gasteiger partial charge in [-0.15, -0.1) is 4.68 Å². The van der Waals surface area contributed by atoms with Gasteiger partial charge in [0.25, 0.3) is 0 Å². The Balaban J connectivity index is 2.08. The van der Waals surface area contributed by atoms with Crippen molar-refractivity contribution in [2.24, 2.45) is 0 Å². The van der Waals surface area contributed by atoms with Gasteiger partial charge < -0.3 is 4.90 Å². The van der Waals surface area contributed by atoms with Gasteiger partial charge in [0.15, 0.2) is 0 Å². The third-order valence-electron chi connectivity index (χ3n) is 4.08. The maximum Gasteiger partial charge on any atom is 0.377 e. The lowest BCUT2D eigenvalue weighted by Crippen LogP contribution is -2.41. The van der Waals surface area contributed by atoms with Gasteiger partial charge in [-0.3, -0.25) is 0 Å². The zero-order valence-electron chi connectivity index (χ0n) is 16.3. The number of carbonyl (C=O) groups excluding carboxylic acids is 1. The number of carbonyl (C=O) groups is 1. The molecule has 0 spiro atoms. The molecule has 0 fully saturated rings. The Hall–Kier alpha value is -2.67. The molecule has 0 bridgehead atoms. The van der Waals surface area contributed by atoms with Gasteiger partial charge in [0.1, 0.15) is 0 Å². The summed E-state index contributed by atoms with van der Waals surface area (Å²) in [6.45, 7) is 5.07. The van der Waals surface area contributed by atoms with Gasteiger partial charge in [-0.05, 0) is 55.2 Å². The quantitative estimate of drug-likeness (QED) is 0.359. The Kier molecular flexibility index (Phi) is 8.68. The van der Waals surface area contributed by atoms with Gasteiger partial charge in [-0.2, -0.15) is 4.68 Å². The third-order valence-corrected chi connectivity index (χ3v) is 4.40. The number of tetrazole rings is 1. The lowest BCUT2D eigenvalue weighted by molar-refractivity contribution is 0.194. The predicted octanol–water partition coefficient (Wildman–Crippen LogP) is 4.07. The van der Waals surface area contributed by atoms with Crippen LogP contribution in [-0.4, -0.2) is 43.8 Å². The summed E-state index contributed by atoms with van der Waals surface area (Å²) in [6.07, 6.45) is 11.7. The second-order valence-corrected chi connectivity index (χ2v) is 6.63. The molecule has 1 aromatic heterocycles. The first-order valence-corrected chi connectivity index (χ1v) is 9.83. The Morgan fingerprint density at radius 2 is 1.96 bits per heavy atom. The average molecular weight is 404 g/mol. The molecule has 0 aliphatic rings. The van der Waals surface area contributed by atoms with Gasteiger partial charge in [0.2, 0.25) is 0 Å². The van der Waals surface area contributed by atoms with Crippen molar-refractivity contribution in [2.45, 2.75) is 39.5 Å². The van der Waals surface area contributed by atoms with Gasteiger partial charge in [-0.1, -0.05) is 55.0 Å². The molecule has 7 nitrogen and oxygen atoms in total. The van der Waals surface area contributed by atoms with Crippen molar-refractivity contribution in [1.29, 1.82) is 0 Å². The van der Waals surface area contributed by atoms with Crippen molar-refractivity contribution in [2.75, 3.05) is 13.1 Å². The molecule has 0 unspecified atom stereocenters. The van der Waals surface area contributed by atoms with Crippen LogP contribution < -0.4 is 5.69 Å². The number of amides is 1. The van der Waals surface area contributed by atoms with Gasteiger partial charge >= 0.3 is 11.7 Å². The van der Waals surface area contributed by atoms with Crippen LogP contribution in [0.1, 0.15) is 39.5 Å². The van der Waals surface area contributed by atoms with Crippen LogP contribution in [0.5, 0.6) is 0 Å². The molecule has 8 heteroatoms. The van der Waals surface area contributed by atoms with E-state index in [9.17, 15) is 9.59 Å². The molecule has 2 aromatic rings. The first-order valence-electron chi connectivity index (χ1n) is 9.45. The smallest absolute Gasteiger partial charge is 0.323 e. The molecule has 1 aromatic carbocycles.